The van der Waals surface area contributed by atoms with Gasteiger partial charge in [-0.05, 0) is 50.3 Å². The number of non-ortho nitro benzene ring substituents is 1. The van der Waals surface area contributed by atoms with Gasteiger partial charge >= 0.3 is 0 Å². The molecule has 0 atom stereocenters. The molecule has 1 fully saturated rings. The van der Waals surface area contributed by atoms with Crippen LogP contribution in [-0.4, -0.2) is 51.9 Å². The molecule has 0 spiro atoms. The molecule has 0 N–H and O–H groups in total. The third-order valence-corrected chi connectivity index (χ3v) is 7.28. The highest BCUT2D eigenvalue weighted by Crippen LogP contribution is 2.39. The average molecular weight is 438 g/mol. The first kappa shape index (κ1) is 19.9. The van der Waals surface area contributed by atoms with E-state index in [1.54, 1.807) is 0 Å². The zero-order valence-corrected chi connectivity index (χ0v) is 18.2. The van der Waals surface area contributed by atoms with Crippen molar-refractivity contribution in [1.82, 2.24) is 14.9 Å². The number of anilines is 1. The molecule has 1 aliphatic carbocycles. The number of fused-ring (bicyclic) bond motifs is 3. The van der Waals surface area contributed by atoms with E-state index >= 15 is 0 Å². The van der Waals surface area contributed by atoms with Gasteiger partial charge in [0.15, 0.2) is 0 Å². The summed E-state index contributed by atoms with van der Waals surface area (Å²) in [7, 11) is 0. The van der Waals surface area contributed by atoms with E-state index in [0.717, 1.165) is 29.3 Å². The lowest BCUT2D eigenvalue weighted by atomic mass is 9.97. The number of amides is 1. The van der Waals surface area contributed by atoms with E-state index in [-0.39, 0.29) is 11.6 Å². The Morgan fingerprint density at radius 3 is 2.48 bits per heavy atom. The van der Waals surface area contributed by atoms with Gasteiger partial charge in [-0.15, -0.1) is 11.3 Å². The lowest BCUT2D eigenvalue weighted by Crippen LogP contribution is -2.49. The molecule has 3 aromatic rings. The molecule has 1 saturated heterocycles. The first-order valence-corrected chi connectivity index (χ1v) is 11.4. The van der Waals surface area contributed by atoms with Gasteiger partial charge in [0.05, 0.1) is 10.3 Å². The molecular weight excluding hydrogens is 414 g/mol. The fourth-order valence-electron chi connectivity index (χ4n) is 4.50. The topological polar surface area (TPSA) is 92.5 Å². The largest absolute Gasteiger partial charge is 0.352 e. The number of aryl methyl sites for hydroxylation is 3. The van der Waals surface area contributed by atoms with Crippen LogP contribution in [0.4, 0.5) is 11.5 Å². The smallest absolute Gasteiger partial charge is 0.269 e. The van der Waals surface area contributed by atoms with E-state index in [0.29, 0.717) is 31.7 Å². The maximum absolute atomic E-state index is 12.9. The Kier molecular flexibility index (Phi) is 5.05. The van der Waals surface area contributed by atoms with Crippen molar-refractivity contribution in [3.63, 3.8) is 0 Å². The van der Waals surface area contributed by atoms with Crippen LogP contribution in [0, 0.1) is 17.0 Å². The van der Waals surface area contributed by atoms with Crippen molar-refractivity contribution in [1.29, 1.82) is 0 Å². The summed E-state index contributed by atoms with van der Waals surface area (Å²) in [5.41, 5.74) is 1.89. The normalized spacial score (nSPS) is 16.4. The number of aromatic nitrogens is 2. The predicted octanol–water partition coefficient (Wildman–Crippen LogP) is 3.75. The number of nitro groups is 1. The number of thiophene rings is 1. The summed E-state index contributed by atoms with van der Waals surface area (Å²) in [6, 6.07) is 5.82. The zero-order valence-electron chi connectivity index (χ0n) is 17.3. The van der Waals surface area contributed by atoms with Gasteiger partial charge in [0.25, 0.3) is 11.6 Å². The average Bonchev–Trinajstić information content (AvgIpc) is 3.16. The highest BCUT2D eigenvalue weighted by atomic mass is 32.1. The van der Waals surface area contributed by atoms with Gasteiger partial charge in [-0.2, -0.15) is 0 Å². The van der Waals surface area contributed by atoms with Crippen molar-refractivity contribution in [2.75, 3.05) is 31.1 Å². The van der Waals surface area contributed by atoms with Crippen molar-refractivity contribution < 1.29 is 9.72 Å². The van der Waals surface area contributed by atoms with Crippen molar-refractivity contribution in [3.8, 4) is 0 Å². The fraction of sp³-hybridized carbons (Fsp3) is 0.409. The maximum atomic E-state index is 12.9. The fourth-order valence-corrected chi connectivity index (χ4v) is 5.80. The Balaban J connectivity index is 1.36. The molecule has 9 heteroatoms. The highest BCUT2D eigenvalue weighted by Gasteiger charge is 2.27. The molecule has 1 aromatic carbocycles. The van der Waals surface area contributed by atoms with Crippen LogP contribution < -0.4 is 4.90 Å². The highest BCUT2D eigenvalue weighted by molar-refractivity contribution is 7.19. The van der Waals surface area contributed by atoms with E-state index in [1.165, 1.54) is 52.9 Å². The Morgan fingerprint density at radius 1 is 1.06 bits per heavy atom. The van der Waals surface area contributed by atoms with Gasteiger partial charge in [0.1, 0.15) is 16.5 Å². The van der Waals surface area contributed by atoms with Crippen LogP contribution in [0.25, 0.3) is 10.2 Å². The number of hydrogen-bond acceptors (Lipinski definition) is 7. The summed E-state index contributed by atoms with van der Waals surface area (Å²) in [5, 5.41) is 12.0. The Bertz CT molecular complexity index is 1170. The van der Waals surface area contributed by atoms with Crippen LogP contribution in [0.3, 0.4) is 0 Å². The van der Waals surface area contributed by atoms with Crippen molar-refractivity contribution >= 4 is 39.0 Å². The quantitative estimate of drug-likeness (QED) is 0.458. The number of benzene rings is 1. The van der Waals surface area contributed by atoms with Gasteiger partial charge in [-0.25, -0.2) is 9.97 Å². The number of carbonyl (C=O) groups is 1. The number of carbonyl (C=O) groups excluding carboxylic acids is 1. The van der Waals surface area contributed by atoms with E-state index in [1.807, 2.05) is 23.2 Å². The van der Waals surface area contributed by atoms with E-state index < -0.39 is 4.92 Å². The van der Waals surface area contributed by atoms with Crippen molar-refractivity contribution in [2.24, 2.45) is 0 Å². The second kappa shape index (κ2) is 7.88. The number of piperazine rings is 1. The lowest BCUT2D eigenvalue weighted by molar-refractivity contribution is -0.384. The minimum Gasteiger partial charge on any atom is -0.352 e. The molecule has 0 saturated carbocycles. The molecule has 1 amide bonds. The van der Waals surface area contributed by atoms with E-state index in [9.17, 15) is 14.9 Å². The second-order valence-electron chi connectivity index (χ2n) is 8.07. The van der Waals surface area contributed by atoms with Gasteiger partial charge in [-0.3, -0.25) is 14.9 Å². The van der Waals surface area contributed by atoms with Crippen LogP contribution in [0.1, 0.15) is 39.5 Å². The van der Waals surface area contributed by atoms with Gasteiger partial charge in [0.2, 0.25) is 0 Å². The third kappa shape index (κ3) is 3.63. The summed E-state index contributed by atoms with van der Waals surface area (Å²) in [6.07, 6.45) is 4.67. The molecule has 2 aliphatic rings. The summed E-state index contributed by atoms with van der Waals surface area (Å²) in [6.45, 7) is 4.53. The minimum absolute atomic E-state index is 0.0105. The van der Waals surface area contributed by atoms with Crippen LogP contribution in [0.15, 0.2) is 24.3 Å². The van der Waals surface area contributed by atoms with Crippen LogP contribution >= 0.6 is 11.3 Å². The van der Waals surface area contributed by atoms with E-state index in [4.69, 9.17) is 9.97 Å². The SMILES string of the molecule is Cc1nc(N2CCN(C(=O)c3ccc([N+](=O)[O-])cc3)CC2)c2c3c(sc2n1)CCCC3. The predicted molar refractivity (Wildman–Crippen MR) is 120 cm³/mol. The lowest BCUT2D eigenvalue weighted by Gasteiger charge is -2.36. The van der Waals surface area contributed by atoms with Crippen LogP contribution in [0.2, 0.25) is 0 Å². The Morgan fingerprint density at radius 2 is 1.77 bits per heavy atom. The molecule has 3 heterocycles. The molecule has 0 bridgehead atoms. The molecular formula is C22H23N5O3S. The molecule has 0 radical (unpaired) electrons. The van der Waals surface area contributed by atoms with Gasteiger partial charge < -0.3 is 9.80 Å². The Labute approximate surface area is 183 Å². The number of nitro benzene ring substituents is 1. The summed E-state index contributed by atoms with van der Waals surface area (Å²) < 4.78 is 0. The molecule has 1 aliphatic heterocycles. The molecule has 0 unspecified atom stereocenters. The van der Waals surface area contributed by atoms with E-state index in [2.05, 4.69) is 4.90 Å². The van der Waals surface area contributed by atoms with Crippen molar-refractivity contribution in [3.05, 3.63) is 56.2 Å². The standard InChI is InChI=1S/C22H23N5O3S/c1-14-23-20(19-17-4-2-3-5-18(17)31-21(19)24-14)25-10-12-26(13-11-25)22(28)15-6-8-16(9-7-15)27(29)30/h6-9H,2-5,10-13H2,1H3. The summed E-state index contributed by atoms with van der Waals surface area (Å²) >= 11 is 1.81. The van der Waals surface area contributed by atoms with Gasteiger partial charge in [0, 0.05) is 48.8 Å². The van der Waals surface area contributed by atoms with Crippen LogP contribution in [0.5, 0.6) is 0 Å². The minimum atomic E-state index is -0.458. The molecule has 5 rings (SSSR count). The number of nitrogens with zero attached hydrogens (tertiary/aromatic N) is 5. The van der Waals surface area contributed by atoms with Crippen molar-refractivity contribution in [2.45, 2.75) is 32.6 Å². The number of hydrogen-bond donors (Lipinski definition) is 0. The molecule has 2 aromatic heterocycles. The third-order valence-electron chi connectivity index (χ3n) is 6.10. The molecule has 8 nitrogen and oxygen atoms in total. The first-order chi connectivity index (χ1) is 15.0. The second-order valence-corrected chi connectivity index (χ2v) is 9.15. The maximum Gasteiger partial charge on any atom is 0.269 e. The zero-order chi connectivity index (χ0) is 21.5. The Hall–Kier alpha value is -3.07. The molecule has 31 heavy (non-hydrogen) atoms. The summed E-state index contributed by atoms with van der Waals surface area (Å²) in [4.78, 5) is 39.4. The monoisotopic (exact) mass is 437 g/mol. The number of rotatable bonds is 3. The first-order valence-electron chi connectivity index (χ1n) is 10.6. The van der Waals surface area contributed by atoms with Crippen LogP contribution in [-0.2, 0) is 12.8 Å². The van der Waals surface area contributed by atoms with Gasteiger partial charge in [-0.1, -0.05) is 0 Å². The molecule has 160 valence electrons. The summed E-state index contributed by atoms with van der Waals surface area (Å²) in [5.74, 6) is 1.70.